The van der Waals surface area contributed by atoms with Crippen LogP contribution in [0.1, 0.15) is 47.5 Å². The lowest BCUT2D eigenvalue weighted by Crippen LogP contribution is -2.44. The molecule has 20 heavy (non-hydrogen) atoms. The highest BCUT2D eigenvalue weighted by Gasteiger charge is 2.39. The molecule has 0 saturated carbocycles. The number of methoxy groups -OCH3 is 1. The molecule has 1 aliphatic heterocycles. The van der Waals surface area contributed by atoms with Gasteiger partial charge in [-0.05, 0) is 24.2 Å². The van der Waals surface area contributed by atoms with E-state index in [9.17, 15) is 9.59 Å². The summed E-state index contributed by atoms with van der Waals surface area (Å²) in [5.74, 6) is 0.685. The van der Waals surface area contributed by atoms with E-state index in [1.165, 1.54) is 7.11 Å². The molecule has 0 aliphatic carbocycles. The molecule has 0 bridgehead atoms. The van der Waals surface area contributed by atoms with Gasteiger partial charge in [-0.3, -0.25) is 9.59 Å². The maximum Gasteiger partial charge on any atom is 0.306 e. The highest BCUT2D eigenvalue weighted by molar-refractivity contribution is 5.84. The van der Waals surface area contributed by atoms with Gasteiger partial charge in [0.1, 0.15) is 0 Å². The zero-order chi connectivity index (χ0) is 15.4. The van der Waals surface area contributed by atoms with Crippen molar-refractivity contribution in [2.45, 2.75) is 53.5 Å². The van der Waals surface area contributed by atoms with Gasteiger partial charge in [0.05, 0.1) is 19.4 Å². The summed E-state index contributed by atoms with van der Waals surface area (Å²) in [5.41, 5.74) is 0. The number of nitrogens with zero attached hydrogens (tertiary/aromatic N) is 1. The number of esters is 1. The summed E-state index contributed by atoms with van der Waals surface area (Å²) in [6.07, 6.45) is 1.25. The molecule has 0 radical (unpaired) electrons. The van der Waals surface area contributed by atoms with E-state index in [1.54, 1.807) is 0 Å². The highest BCUT2D eigenvalue weighted by atomic mass is 16.5. The minimum absolute atomic E-state index is 0.119. The lowest BCUT2D eigenvalue weighted by molar-refractivity contribution is -0.148. The third kappa shape index (κ3) is 3.97. The molecule has 0 spiro atoms. The Kier molecular flexibility index (Phi) is 6.03. The number of rotatable bonds is 5. The molecule has 4 nitrogen and oxygen atoms in total. The number of hydrogen-bond donors (Lipinski definition) is 0. The van der Waals surface area contributed by atoms with Crippen LogP contribution in [0.15, 0.2) is 0 Å². The first kappa shape index (κ1) is 17.0. The molecule has 1 amide bonds. The Balaban J connectivity index is 2.85. The van der Waals surface area contributed by atoms with Crippen molar-refractivity contribution in [2.75, 3.05) is 13.7 Å². The van der Waals surface area contributed by atoms with Gasteiger partial charge in [0.2, 0.25) is 5.91 Å². The number of hydrogen-bond acceptors (Lipinski definition) is 3. The van der Waals surface area contributed by atoms with E-state index in [0.717, 1.165) is 13.0 Å². The monoisotopic (exact) mass is 283 g/mol. The molecule has 0 aromatic heterocycles. The molecule has 0 aromatic rings. The molecular formula is C16H29NO3. The van der Waals surface area contributed by atoms with Crippen molar-refractivity contribution in [3.05, 3.63) is 0 Å². The Morgan fingerprint density at radius 1 is 1.25 bits per heavy atom. The molecule has 0 unspecified atom stereocenters. The highest BCUT2D eigenvalue weighted by Crippen LogP contribution is 2.31. The van der Waals surface area contributed by atoms with E-state index in [1.807, 2.05) is 18.7 Å². The summed E-state index contributed by atoms with van der Waals surface area (Å²) in [5, 5.41) is 0. The van der Waals surface area contributed by atoms with Gasteiger partial charge < -0.3 is 9.64 Å². The van der Waals surface area contributed by atoms with Crippen molar-refractivity contribution in [2.24, 2.45) is 23.7 Å². The van der Waals surface area contributed by atoms with Crippen molar-refractivity contribution in [1.29, 1.82) is 0 Å². The van der Waals surface area contributed by atoms with E-state index in [0.29, 0.717) is 17.9 Å². The van der Waals surface area contributed by atoms with Gasteiger partial charge in [0, 0.05) is 12.6 Å². The van der Waals surface area contributed by atoms with Crippen LogP contribution < -0.4 is 0 Å². The van der Waals surface area contributed by atoms with E-state index in [-0.39, 0.29) is 30.1 Å². The number of amides is 1. The number of ether oxygens (including phenoxy) is 1. The van der Waals surface area contributed by atoms with Crippen molar-refractivity contribution < 1.29 is 14.3 Å². The molecule has 1 fully saturated rings. The van der Waals surface area contributed by atoms with E-state index in [4.69, 9.17) is 4.74 Å². The predicted octanol–water partition coefficient (Wildman–Crippen LogP) is 2.71. The normalized spacial score (nSPS) is 24.3. The minimum Gasteiger partial charge on any atom is -0.469 e. The summed E-state index contributed by atoms with van der Waals surface area (Å²) in [7, 11) is 1.37. The summed E-state index contributed by atoms with van der Waals surface area (Å²) in [6.45, 7) is 11.3. The summed E-state index contributed by atoms with van der Waals surface area (Å²) in [4.78, 5) is 26.4. The standard InChI is InChI=1S/C16H29NO3/c1-10(2)13(8-15(18)20-6)16(19)17-9-12(5)7-14(17)11(3)4/h10-14H,7-9H2,1-6H3/t12-,13-,14-/m0/s1. The van der Waals surface area contributed by atoms with Crippen LogP contribution in [0.4, 0.5) is 0 Å². The Labute approximate surface area is 122 Å². The number of likely N-dealkylation sites (tertiary alicyclic amines) is 1. The topological polar surface area (TPSA) is 46.6 Å². The molecule has 4 heteroatoms. The molecular weight excluding hydrogens is 254 g/mol. The fraction of sp³-hybridized carbons (Fsp3) is 0.875. The van der Waals surface area contributed by atoms with Crippen molar-refractivity contribution in [3.8, 4) is 0 Å². The van der Waals surface area contributed by atoms with Gasteiger partial charge in [0.25, 0.3) is 0 Å². The second kappa shape index (κ2) is 7.09. The molecule has 1 rings (SSSR count). The van der Waals surface area contributed by atoms with Gasteiger partial charge in [-0.15, -0.1) is 0 Å². The SMILES string of the molecule is COC(=O)C[C@H](C(=O)N1C[C@@H](C)C[C@H]1C(C)C)C(C)C. The Hall–Kier alpha value is -1.06. The fourth-order valence-electron chi connectivity index (χ4n) is 3.05. The van der Waals surface area contributed by atoms with Gasteiger partial charge in [-0.2, -0.15) is 0 Å². The zero-order valence-electron chi connectivity index (χ0n) is 13.7. The van der Waals surface area contributed by atoms with Crippen LogP contribution >= 0.6 is 0 Å². The second-order valence-corrected chi connectivity index (χ2v) is 6.77. The lowest BCUT2D eigenvalue weighted by atomic mass is 9.90. The van der Waals surface area contributed by atoms with Gasteiger partial charge in [-0.25, -0.2) is 0 Å². The van der Waals surface area contributed by atoms with E-state index in [2.05, 4.69) is 20.8 Å². The summed E-state index contributed by atoms with van der Waals surface area (Å²) in [6, 6.07) is 0.302. The predicted molar refractivity (Wildman–Crippen MR) is 79.1 cm³/mol. The van der Waals surface area contributed by atoms with Crippen LogP contribution in [0.2, 0.25) is 0 Å². The largest absolute Gasteiger partial charge is 0.469 e. The van der Waals surface area contributed by atoms with Gasteiger partial charge in [0.15, 0.2) is 0 Å². The number of carbonyl (C=O) groups excluding carboxylic acids is 2. The Morgan fingerprint density at radius 2 is 1.85 bits per heavy atom. The first-order valence-electron chi connectivity index (χ1n) is 7.65. The smallest absolute Gasteiger partial charge is 0.306 e. The van der Waals surface area contributed by atoms with Crippen LogP contribution in [-0.2, 0) is 14.3 Å². The third-order valence-electron chi connectivity index (χ3n) is 4.34. The molecule has 1 saturated heterocycles. The first-order valence-corrected chi connectivity index (χ1v) is 7.65. The molecule has 3 atom stereocenters. The third-order valence-corrected chi connectivity index (χ3v) is 4.34. The average molecular weight is 283 g/mol. The van der Waals surface area contributed by atoms with Crippen LogP contribution in [0, 0.1) is 23.7 Å². The van der Waals surface area contributed by atoms with Gasteiger partial charge in [-0.1, -0.05) is 34.6 Å². The maximum absolute atomic E-state index is 12.8. The van der Waals surface area contributed by atoms with E-state index < -0.39 is 0 Å². The minimum atomic E-state index is -0.301. The molecule has 116 valence electrons. The van der Waals surface area contributed by atoms with Crippen LogP contribution in [-0.4, -0.2) is 36.5 Å². The second-order valence-electron chi connectivity index (χ2n) is 6.77. The summed E-state index contributed by atoms with van der Waals surface area (Å²) < 4.78 is 4.73. The fourth-order valence-corrected chi connectivity index (χ4v) is 3.05. The molecule has 1 aliphatic rings. The average Bonchev–Trinajstić information content (AvgIpc) is 2.76. The van der Waals surface area contributed by atoms with Crippen molar-refractivity contribution in [3.63, 3.8) is 0 Å². The Morgan fingerprint density at radius 3 is 2.30 bits per heavy atom. The quantitative estimate of drug-likeness (QED) is 0.729. The van der Waals surface area contributed by atoms with Gasteiger partial charge >= 0.3 is 5.97 Å². The molecule has 1 heterocycles. The van der Waals surface area contributed by atoms with E-state index >= 15 is 0 Å². The summed E-state index contributed by atoms with van der Waals surface area (Å²) >= 11 is 0. The molecule has 0 N–H and O–H groups in total. The van der Waals surface area contributed by atoms with Crippen molar-refractivity contribution in [1.82, 2.24) is 4.90 Å². The van der Waals surface area contributed by atoms with Crippen LogP contribution in [0.3, 0.4) is 0 Å². The molecule has 0 aromatic carbocycles. The lowest BCUT2D eigenvalue weighted by Gasteiger charge is -2.32. The zero-order valence-corrected chi connectivity index (χ0v) is 13.7. The van der Waals surface area contributed by atoms with Crippen LogP contribution in [0.5, 0.6) is 0 Å². The van der Waals surface area contributed by atoms with Crippen LogP contribution in [0.25, 0.3) is 0 Å². The Bertz CT molecular complexity index is 352. The maximum atomic E-state index is 12.8. The first-order chi connectivity index (χ1) is 9.27. The number of carbonyl (C=O) groups is 2. The van der Waals surface area contributed by atoms with Crippen molar-refractivity contribution >= 4 is 11.9 Å².